The van der Waals surface area contributed by atoms with Crippen molar-refractivity contribution in [1.82, 2.24) is 10.2 Å². The number of aromatic hydroxyl groups is 1. The number of hydrogen-bond acceptors (Lipinski definition) is 8. The molecule has 4 rings (SSSR count). The number of nitrogens with two attached hydrogens (primary N) is 1. The second-order valence-corrected chi connectivity index (χ2v) is 6.75. The monoisotopic (exact) mass is 420 g/mol. The zero-order valence-corrected chi connectivity index (χ0v) is 17.1. The Balaban J connectivity index is 1.96. The highest BCUT2D eigenvalue weighted by atomic mass is 16.5. The van der Waals surface area contributed by atoms with Crippen molar-refractivity contribution in [2.75, 3.05) is 21.3 Å². The zero-order valence-electron chi connectivity index (χ0n) is 17.1. The number of nitrogens with one attached hydrogen (secondary N) is 1. The Labute approximate surface area is 178 Å². The lowest BCUT2D eigenvalue weighted by molar-refractivity contribution is 0.324. The highest BCUT2D eigenvalue weighted by Gasteiger charge is 2.36. The van der Waals surface area contributed by atoms with E-state index in [4.69, 9.17) is 24.7 Å². The normalized spacial score (nSPS) is 15.0. The minimum Gasteiger partial charge on any atom is -0.508 e. The number of ether oxygens (including phenoxy) is 4. The van der Waals surface area contributed by atoms with E-state index >= 15 is 0 Å². The molecular formula is C22H20N4O5. The maximum absolute atomic E-state index is 10.0. The van der Waals surface area contributed by atoms with Gasteiger partial charge in [-0.1, -0.05) is 12.1 Å². The van der Waals surface area contributed by atoms with Gasteiger partial charge >= 0.3 is 0 Å². The molecule has 1 aliphatic heterocycles. The van der Waals surface area contributed by atoms with Crippen LogP contribution in [0.3, 0.4) is 0 Å². The van der Waals surface area contributed by atoms with E-state index in [0.717, 1.165) is 0 Å². The Morgan fingerprint density at radius 3 is 2.42 bits per heavy atom. The molecule has 31 heavy (non-hydrogen) atoms. The minimum absolute atomic E-state index is 0.0358. The van der Waals surface area contributed by atoms with Crippen LogP contribution in [-0.2, 0) is 0 Å². The Bertz CT molecular complexity index is 1200. The van der Waals surface area contributed by atoms with Crippen molar-refractivity contribution in [1.29, 1.82) is 5.26 Å². The smallest absolute Gasteiger partial charge is 0.244 e. The number of rotatable bonds is 5. The van der Waals surface area contributed by atoms with Crippen LogP contribution in [0, 0.1) is 11.3 Å². The molecule has 0 bridgehead atoms. The van der Waals surface area contributed by atoms with Crippen LogP contribution < -0.4 is 24.7 Å². The molecule has 2 heterocycles. The molecule has 1 atom stereocenters. The quantitative estimate of drug-likeness (QED) is 0.573. The lowest BCUT2D eigenvalue weighted by Gasteiger charge is -2.24. The number of benzene rings is 2. The average Bonchev–Trinajstić information content (AvgIpc) is 3.20. The van der Waals surface area contributed by atoms with Crippen LogP contribution in [-0.4, -0.2) is 36.6 Å². The number of nitriles is 1. The second kappa shape index (κ2) is 7.84. The number of methoxy groups -OCH3 is 3. The molecule has 0 fully saturated rings. The molecule has 3 aromatic rings. The Morgan fingerprint density at radius 2 is 1.84 bits per heavy atom. The predicted molar refractivity (Wildman–Crippen MR) is 111 cm³/mol. The molecule has 1 aromatic heterocycles. The SMILES string of the molecule is COc1cc(-c2[nH]nc3c2[C@H](c2cccc(O)c2)C(C#N)=C(N)O3)cc(OC)c1OC. The fourth-order valence-electron chi connectivity index (χ4n) is 3.73. The summed E-state index contributed by atoms with van der Waals surface area (Å²) in [6, 6.07) is 12.3. The van der Waals surface area contributed by atoms with E-state index in [1.807, 2.05) is 0 Å². The number of allylic oxidation sites excluding steroid dienone is 1. The molecular weight excluding hydrogens is 400 g/mol. The Morgan fingerprint density at radius 1 is 1.13 bits per heavy atom. The number of fused-ring (bicyclic) bond motifs is 1. The van der Waals surface area contributed by atoms with Crippen LogP contribution >= 0.6 is 0 Å². The fourth-order valence-corrected chi connectivity index (χ4v) is 3.73. The summed E-state index contributed by atoms with van der Waals surface area (Å²) in [4.78, 5) is 0. The molecule has 0 saturated carbocycles. The summed E-state index contributed by atoms with van der Waals surface area (Å²) in [5.74, 6) is 1.04. The summed E-state index contributed by atoms with van der Waals surface area (Å²) in [5, 5.41) is 27.0. The van der Waals surface area contributed by atoms with E-state index in [2.05, 4.69) is 16.3 Å². The third-order valence-electron chi connectivity index (χ3n) is 5.10. The lowest BCUT2D eigenvalue weighted by atomic mass is 9.83. The van der Waals surface area contributed by atoms with E-state index in [-0.39, 0.29) is 23.1 Å². The van der Waals surface area contributed by atoms with Crippen LogP contribution in [0.4, 0.5) is 0 Å². The standard InChI is InChI=1S/C22H20N4O5/c1-28-15-8-12(9-16(29-2)20(15)30-3)19-18-17(11-5-4-6-13(27)7-11)14(10-23)21(24)31-22(18)26-25-19/h4-9,17,27H,24H2,1-3H3,(H,25,26)/t17-/m1/s1. The van der Waals surface area contributed by atoms with Gasteiger partial charge in [-0.05, 0) is 29.8 Å². The van der Waals surface area contributed by atoms with Crippen molar-refractivity contribution in [2.24, 2.45) is 5.73 Å². The van der Waals surface area contributed by atoms with E-state index in [0.29, 0.717) is 39.6 Å². The fraction of sp³-hybridized carbons (Fsp3) is 0.182. The van der Waals surface area contributed by atoms with Crippen LogP contribution in [0.2, 0.25) is 0 Å². The molecule has 1 aliphatic rings. The van der Waals surface area contributed by atoms with Crippen molar-refractivity contribution >= 4 is 0 Å². The zero-order chi connectivity index (χ0) is 22.1. The van der Waals surface area contributed by atoms with Crippen molar-refractivity contribution in [3.05, 3.63) is 59.0 Å². The average molecular weight is 420 g/mol. The van der Waals surface area contributed by atoms with E-state index < -0.39 is 5.92 Å². The predicted octanol–water partition coefficient (Wildman–Crippen LogP) is 3.03. The van der Waals surface area contributed by atoms with E-state index in [1.165, 1.54) is 21.3 Å². The molecule has 9 heteroatoms. The minimum atomic E-state index is -0.603. The van der Waals surface area contributed by atoms with Crippen molar-refractivity contribution < 1.29 is 24.1 Å². The van der Waals surface area contributed by atoms with Gasteiger partial charge in [-0.3, -0.25) is 5.10 Å². The van der Waals surface area contributed by atoms with E-state index in [1.54, 1.807) is 36.4 Å². The van der Waals surface area contributed by atoms with Crippen LogP contribution in [0.25, 0.3) is 11.3 Å². The molecule has 0 aliphatic carbocycles. The Kier molecular flexibility index (Phi) is 5.05. The first-order chi connectivity index (χ1) is 15.0. The van der Waals surface area contributed by atoms with Gasteiger partial charge in [-0.2, -0.15) is 5.26 Å². The van der Waals surface area contributed by atoms with E-state index in [9.17, 15) is 10.4 Å². The molecule has 2 aromatic carbocycles. The number of aromatic amines is 1. The summed E-state index contributed by atoms with van der Waals surface area (Å²) < 4.78 is 21.9. The first-order valence-corrected chi connectivity index (χ1v) is 9.27. The Hall–Kier alpha value is -4.32. The van der Waals surface area contributed by atoms with Gasteiger partial charge in [0.05, 0.1) is 38.5 Å². The van der Waals surface area contributed by atoms with Gasteiger partial charge in [-0.15, -0.1) is 5.10 Å². The number of phenols is 1. The largest absolute Gasteiger partial charge is 0.508 e. The lowest BCUT2D eigenvalue weighted by Crippen LogP contribution is -2.21. The number of phenolic OH excluding ortho intramolecular Hbond substituents is 1. The van der Waals surface area contributed by atoms with Crippen LogP contribution in [0.1, 0.15) is 17.0 Å². The molecule has 0 saturated heterocycles. The first kappa shape index (κ1) is 20.0. The van der Waals surface area contributed by atoms with Crippen molar-refractivity contribution in [3.63, 3.8) is 0 Å². The first-order valence-electron chi connectivity index (χ1n) is 9.27. The summed E-state index contributed by atoms with van der Waals surface area (Å²) in [6.07, 6.45) is 0. The third kappa shape index (κ3) is 3.24. The number of nitrogens with zero attached hydrogens (tertiary/aromatic N) is 2. The van der Waals surface area contributed by atoms with Gasteiger partial charge in [0, 0.05) is 5.56 Å². The van der Waals surface area contributed by atoms with Gasteiger partial charge in [0.1, 0.15) is 17.4 Å². The molecule has 0 radical (unpaired) electrons. The molecule has 4 N–H and O–H groups in total. The molecule has 9 nitrogen and oxygen atoms in total. The van der Waals surface area contributed by atoms with Gasteiger partial charge in [0.15, 0.2) is 11.5 Å². The van der Waals surface area contributed by atoms with Crippen LogP contribution in [0.15, 0.2) is 47.9 Å². The maximum atomic E-state index is 10.0. The van der Waals surface area contributed by atoms with Gasteiger partial charge in [0.25, 0.3) is 0 Å². The van der Waals surface area contributed by atoms with Gasteiger partial charge in [-0.25, -0.2) is 0 Å². The van der Waals surface area contributed by atoms with Crippen molar-refractivity contribution in [2.45, 2.75) is 5.92 Å². The maximum Gasteiger partial charge on any atom is 0.244 e. The third-order valence-corrected chi connectivity index (χ3v) is 5.10. The van der Waals surface area contributed by atoms with Gasteiger partial charge < -0.3 is 29.8 Å². The summed E-state index contributed by atoms with van der Waals surface area (Å²) in [6.45, 7) is 0. The molecule has 0 amide bonds. The molecule has 158 valence electrons. The molecule has 0 unspecified atom stereocenters. The highest BCUT2D eigenvalue weighted by molar-refractivity contribution is 5.75. The topological polar surface area (TPSA) is 136 Å². The van der Waals surface area contributed by atoms with Crippen LogP contribution in [0.5, 0.6) is 28.9 Å². The summed E-state index contributed by atoms with van der Waals surface area (Å²) in [5.41, 5.74) is 8.76. The number of aromatic nitrogens is 2. The van der Waals surface area contributed by atoms with Crippen molar-refractivity contribution in [3.8, 4) is 46.2 Å². The molecule has 0 spiro atoms. The summed E-state index contributed by atoms with van der Waals surface area (Å²) >= 11 is 0. The number of hydrogen-bond donors (Lipinski definition) is 3. The highest BCUT2D eigenvalue weighted by Crippen LogP contribution is 2.48. The summed E-state index contributed by atoms with van der Waals surface area (Å²) in [7, 11) is 4.58. The number of H-pyrrole nitrogens is 1. The van der Waals surface area contributed by atoms with Gasteiger partial charge in [0.2, 0.25) is 17.5 Å². The second-order valence-electron chi connectivity index (χ2n) is 6.75.